The van der Waals surface area contributed by atoms with Gasteiger partial charge in [0.1, 0.15) is 13.2 Å². The Hall–Kier alpha value is -1.85. The normalized spacial score (nSPS) is 12.0. The van der Waals surface area contributed by atoms with E-state index in [-0.39, 0.29) is 31.1 Å². The Morgan fingerprint density at radius 3 is 1.11 bits per heavy atom. The Morgan fingerprint density at radius 2 is 0.717 bits per heavy atom. The second-order valence-electron chi connectivity index (χ2n) is 13.2. The molecule has 0 bridgehead atoms. The minimum Gasteiger partial charge on any atom is -0.462 e. The molecule has 0 saturated carbocycles. The molecule has 6 nitrogen and oxygen atoms in total. The van der Waals surface area contributed by atoms with Crippen molar-refractivity contribution in [2.45, 2.75) is 213 Å². The topological polar surface area (TPSA) is 78.9 Å². The fourth-order valence-corrected chi connectivity index (χ4v) is 5.49. The van der Waals surface area contributed by atoms with Crippen LogP contribution in [-0.2, 0) is 28.6 Å². The number of carbonyl (C=O) groups is 3. The Bertz CT molecular complexity index is 719. The van der Waals surface area contributed by atoms with Gasteiger partial charge in [-0.15, -0.1) is 0 Å². The minimum atomic E-state index is -0.761. The Labute approximate surface area is 284 Å². The standard InChI is InChI=1S/C40H74O6/c1-4-7-10-13-16-18-19-20-21-22-25-27-30-33-39(42)45-36-37(35-44-38(41)32-29-26-23-15-12-9-6-3)46-40(43)34-31-28-24-17-14-11-8-5-2/h18-19,37H,4-17,20-36H2,1-3H3/b19-18-. The summed E-state index contributed by atoms with van der Waals surface area (Å²) >= 11 is 0. The summed E-state index contributed by atoms with van der Waals surface area (Å²) in [6.45, 7) is 6.52. The number of hydrogen-bond donors (Lipinski definition) is 0. The molecule has 270 valence electrons. The molecule has 0 heterocycles. The highest BCUT2D eigenvalue weighted by Crippen LogP contribution is 2.13. The van der Waals surface area contributed by atoms with E-state index < -0.39 is 6.10 Å². The summed E-state index contributed by atoms with van der Waals surface area (Å²) in [5.74, 6) is -0.891. The predicted octanol–water partition coefficient (Wildman–Crippen LogP) is 11.9. The average Bonchev–Trinajstić information content (AvgIpc) is 3.05. The molecular formula is C40H74O6. The fourth-order valence-electron chi connectivity index (χ4n) is 5.49. The van der Waals surface area contributed by atoms with E-state index in [1.165, 1.54) is 103 Å². The molecule has 0 saturated heterocycles. The zero-order chi connectivity index (χ0) is 33.8. The first kappa shape index (κ1) is 44.1. The number of carbonyl (C=O) groups excluding carboxylic acids is 3. The van der Waals surface area contributed by atoms with E-state index in [0.29, 0.717) is 19.3 Å². The van der Waals surface area contributed by atoms with Crippen molar-refractivity contribution in [1.82, 2.24) is 0 Å². The third-order valence-electron chi connectivity index (χ3n) is 8.52. The number of esters is 3. The van der Waals surface area contributed by atoms with Crippen LogP contribution in [0.3, 0.4) is 0 Å². The van der Waals surface area contributed by atoms with Crippen LogP contribution in [0.5, 0.6) is 0 Å². The maximum Gasteiger partial charge on any atom is 0.306 e. The van der Waals surface area contributed by atoms with E-state index in [2.05, 4.69) is 32.9 Å². The van der Waals surface area contributed by atoms with Crippen molar-refractivity contribution >= 4 is 17.9 Å². The van der Waals surface area contributed by atoms with Gasteiger partial charge in [0.2, 0.25) is 0 Å². The lowest BCUT2D eigenvalue weighted by molar-refractivity contribution is -0.167. The second kappa shape index (κ2) is 36.0. The van der Waals surface area contributed by atoms with Crippen LogP contribution in [0.4, 0.5) is 0 Å². The van der Waals surface area contributed by atoms with E-state index >= 15 is 0 Å². The van der Waals surface area contributed by atoms with Crippen molar-refractivity contribution in [2.75, 3.05) is 13.2 Å². The molecule has 0 N–H and O–H groups in total. The summed E-state index contributed by atoms with van der Waals surface area (Å²) in [7, 11) is 0. The Kier molecular flexibility index (Phi) is 34.5. The highest BCUT2D eigenvalue weighted by atomic mass is 16.6. The predicted molar refractivity (Wildman–Crippen MR) is 192 cm³/mol. The summed E-state index contributed by atoms with van der Waals surface area (Å²) < 4.78 is 16.5. The van der Waals surface area contributed by atoms with Crippen molar-refractivity contribution in [2.24, 2.45) is 0 Å². The van der Waals surface area contributed by atoms with E-state index in [1.807, 2.05) is 0 Å². The number of allylic oxidation sites excluding steroid dienone is 2. The van der Waals surface area contributed by atoms with Crippen LogP contribution < -0.4 is 0 Å². The van der Waals surface area contributed by atoms with Crippen molar-refractivity contribution < 1.29 is 28.6 Å². The van der Waals surface area contributed by atoms with Crippen LogP contribution in [0.15, 0.2) is 12.2 Å². The molecule has 0 fully saturated rings. The van der Waals surface area contributed by atoms with Gasteiger partial charge >= 0.3 is 17.9 Å². The van der Waals surface area contributed by atoms with E-state index in [9.17, 15) is 14.4 Å². The second-order valence-corrected chi connectivity index (χ2v) is 13.2. The van der Waals surface area contributed by atoms with Crippen LogP contribution >= 0.6 is 0 Å². The van der Waals surface area contributed by atoms with Gasteiger partial charge in [-0.05, 0) is 44.9 Å². The van der Waals surface area contributed by atoms with Crippen molar-refractivity contribution in [3.8, 4) is 0 Å². The van der Waals surface area contributed by atoms with E-state index in [1.54, 1.807) is 0 Å². The first-order valence-corrected chi connectivity index (χ1v) is 19.7. The maximum atomic E-state index is 12.5. The van der Waals surface area contributed by atoms with Gasteiger partial charge in [-0.1, -0.05) is 155 Å². The van der Waals surface area contributed by atoms with Crippen LogP contribution in [0.1, 0.15) is 207 Å². The molecule has 0 aromatic heterocycles. The molecule has 1 atom stereocenters. The fraction of sp³-hybridized carbons (Fsp3) is 0.875. The van der Waals surface area contributed by atoms with E-state index in [0.717, 1.165) is 64.2 Å². The highest BCUT2D eigenvalue weighted by molar-refractivity contribution is 5.71. The van der Waals surface area contributed by atoms with Gasteiger partial charge in [-0.25, -0.2) is 0 Å². The molecule has 0 aliphatic heterocycles. The Morgan fingerprint density at radius 1 is 0.413 bits per heavy atom. The summed E-state index contributed by atoms with van der Waals surface area (Å²) in [5.41, 5.74) is 0. The molecule has 0 aliphatic carbocycles. The summed E-state index contributed by atoms with van der Waals surface area (Å²) in [6, 6.07) is 0. The van der Waals surface area contributed by atoms with Crippen LogP contribution in [-0.4, -0.2) is 37.2 Å². The molecule has 1 unspecified atom stereocenters. The molecule has 0 aliphatic rings. The molecule has 0 rings (SSSR count). The van der Waals surface area contributed by atoms with Crippen LogP contribution in [0, 0.1) is 0 Å². The van der Waals surface area contributed by atoms with Crippen molar-refractivity contribution in [3.63, 3.8) is 0 Å². The van der Waals surface area contributed by atoms with Gasteiger partial charge in [0, 0.05) is 19.3 Å². The largest absolute Gasteiger partial charge is 0.462 e. The molecule has 0 aromatic carbocycles. The lowest BCUT2D eigenvalue weighted by atomic mass is 10.1. The van der Waals surface area contributed by atoms with Gasteiger partial charge in [0.15, 0.2) is 6.10 Å². The van der Waals surface area contributed by atoms with Crippen molar-refractivity contribution in [1.29, 1.82) is 0 Å². The number of rotatable bonds is 35. The smallest absolute Gasteiger partial charge is 0.306 e. The summed E-state index contributed by atoms with van der Waals surface area (Å²) in [6.07, 6.45) is 34.9. The quantitative estimate of drug-likeness (QED) is 0.0294. The lowest BCUT2D eigenvalue weighted by Crippen LogP contribution is -2.30. The highest BCUT2D eigenvalue weighted by Gasteiger charge is 2.19. The van der Waals surface area contributed by atoms with Gasteiger partial charge < -0.3 is 14.2 Å². The number of unbranched alkanes of at least 4 members (excludes halogenated alkanes) is 22. The van der Waals surface area contributed by atoms with Crippen LogP contribution in [0.25, 0.3) is 0 Å². The van der Waals surface area contributed by atoms with Gasteiger partial charge in [0.25, 0.3) is 0 Å². The molecular weight excluding hydrogens is 576 g/mol. The van der Waals surface area contributed by atoms with Gasteiger partial charge in [0.05, 0.1) is 0 Å². The zero-order valence-electron chi connectivity index (χ0n) is 30.6. The molecule has 0 spiro atoms. The first-order chi connectivity index (χ1) is 22.5. The van der Waals surface area contributed by atoms with Crippen molar-refractivity contribution in [3.05, 3.63) is 12.2 Å². The van der Waals surface area contributed by atoms with E-state index in [4.69, 9.17) is 14.2 Å². The molecule has 6 heteroatoms. The summed E-state index contributed by atoms with van der Waals surface area (Å²) in [5, 5.41) is 0. The van der Waals surface area contributed by atoms with Gasteiger partial charge in [-0.3, -0.25) is 14.4 Å². The maximum absolute atomic E-state index is 12.5. The number of ether oxygens (including phenoxy) is 3. The third kappa shape index (κ3) is 33.5. The molecule has 0 amide bonds. The summed E-state index contributed by atoms with van der Waals surface area (Å²) in [4.78, 5) is 37.3. The average molecular weight is 651 g/mol. The first-order valence-electron chi connectivity index (χ1n) is 19.7. The third-order valence-corrected chi connectivity index (χ3v) is 8.52. The SMILES string of the molecule is CCCCCC/C=C\CCCCCCCC(=O)OCC(COC(=O)CCCCCCCCC)OC(=O)CCCCCCCCCC. The Balaban J connectivity index is 4.31. The lowest BCUT2D eigenvalue weighted by Gasteiger charge is -2.18. The zero-order valence-corrected chi connectivity index (χ0v) is 30.6. The monoisotopic (exact) mass is 651 g/mol. The molecule has 0 radical (unpaired) electrons. The molecule has 0 aromatic rings. The minimum absolute atomic E-state index is 0.0705. The molecule has 46 heavy (non-hydrogen) atoms. The van der Waals surface area contributed by atoms with Crippen LogP contribution in [0.2, 0.25) is 0 Å². The number of hydrogen-bond acceptors (Lipinski definition) is 6. The van der Waals surface area contributed by atoms with Gasteiger partial charge in [-0.2, -0.15) is 0 Å².